The van der Waals surface area contributed by atoms with Gasteiger partial charge < -0.3 is 18.9 Å². The molecule has 0 radical (unpaired) electrons. The SMILES string of the molecule is CCOc1ccc2c(Cc3cc(OC)c(OC)c(OCC(C)C)c3)cncc2c1C#N. The number of aromatic nitrogens is 1. The minimum Gasteiger partial charge on any atom is -0.493 e. The van der Waals surface area contributed by atoms with Crippen LogP contribution in [0.1, 0.15) is 37.5 Å². The Labute approximate surface area is 183 Å². The van der Waals surface area contributed by atoms with E-state index in [0.29, 0.717) is 54.1 Å². The van der Waals surface area contributed by atoms with Crippen LogP contribution in [0, 0.1) is 17.2 Å². The highest BCUT2D eigenvalue weighted by Gasteiger charge is 2.17. The van der Waals surface area contributed by atoms with Gasteiger partial charge in [-0.2, -0.15) is 5.26 Å². The van der Waals surface area contributed by atoms with E-state index in [1.165, 1.54) is 0 Å². The van der Waals surface area contributed by atoms with E-state index in [0.717, 1.165) is 21.9 Å². The highest BCUT2D eigenvalue weighted by Crippen LogP contribution is 2.39. The fourth-order valence-corrected chi connectivity index (χ4v) is 3.49. The molecule has 1 aromatic heterocycles. The van der Waals surface area contributed by atoms with Gasteiger partial charge >= 0.3 is 0 Å². The minimum atomic E-state index is 0.380. The number of nitriles is 1. The summed E-state index contributed by atoms with van der Waals surface area (Å²) in [6.45, 7) is 7.16. The van der Waals surface area contributed by atoms with Crippen LogP contribution in [0.25, 0.3) is 10.8 Å². The lowest BCUT2D eigenvalue weighted by molar-refractivity contribution is 0.251. The molecule has 0 bridgehead atoms. The van der Waals surface area contributed by atoms with E-state index in [4.69, 9.17) is 18.9 Å². The Balaban J connectivity index is 2.05. The average Bonchev–Trinajstić information content (AvgIpc) is 2.77. The van der Waals surface area contributed by atoms with Gasteiger partial charge in [0.1, 0.15) is 17.4 Å². The van der Waals surface area contributed by atoms with E-state index in [-0.39, 0.29) is 0 Å². The first-order chi connectivity index (χ1) is 15.0. The highest BCUT2D eigenvalue weighted by atomic mass is 16.5. The third kappa shape index (κ3) is 4.83. The van der Waals surface area contributed by atoms with Crippen molar-refractivity contribution in [2.24, 2.45) is 5.92 Å². The topological polar surface area (TPSA) is 73.6 Å². The van der Waals surface area contributed by atoms with Crippen LogP contribution >= 0.6 is 0 Å². The summed E-state index contributed by atoms with van der Waals surface area (Å²) < 4.78 is 22.7. The first-order valence-corrected chi connectivity index (χ1v) is 10.3. The van der Waals surface area contributed by atoms with Crippen LogP contribution in [0.15, 0.2) is 36.7 Å². The third-order valence-electron chi connectivity index (χ3n) is 4.87. The van der Waals surface area contributed by atoms with Crippen LogP contribution in [0.3, 0.4) is 0 Å². The van der Waals surface area contributed by atoms with Crippen molar-refractivity contribution in [2.45, 2.75) is 27.2 Å². The third-order valence-corrected chi connectivity index (χ3v) is 4.87. The predicted molar refractivity (Wildman–Crippen MR) is 120 cm³/mol. The number of hydrogen-bond acceptors (Lipinski definition) is 6. The molecule has 0 amide bonds. The molecule has 3 rings (SSSR count). The maximum Gasteiger partial charge on any atom is 0.203 e. The lowest BCUT2D eigenvalue weighted by Crippen LogP contribution is -2.07. The molecule has 3 aromatic rings. The van der Waals surface area contributed by atoms with Crippen molar-refractivity contribution in [3.05, 3.63) is 53.3 Å². The van der Waals surface area contributed by atoms with Crippen LogP contribution in [0.4, 0.5) is 0 Å². The van der Waals surface area contributed by atoms with Crippen molar-refractivity contribution in [2.75, 3.05) is 27.4 Å². The lowest BCUT2D eigenvalue weighted by atomic mass is 9.97. The molecule has 1 heterocycles. The van der Waals surface area contributed by atoms with E-state index in [1.807, 2.05) is 37.4 Å². The fraction of sp³-hybridized carbons (Fsp3) is 0.360. The normalized spacial score (nSPS) is 10.7. The Bertz CT molecular complexity index is 1100. The van der Waals surface area contributed by atoms with E-state index >= 15 is 0 Å². The second kappa shape index (κ2) is 10.0. The maximum atomic E-state index is 9.69. The number of pyridine rings is 1. The van der Waals surface area contributed by atoms with Crippen molar-refractivity contribution in [1.29, 1.82) is 5.26 Å². The highest BCUT2D eigenvalue weighted by molar-refractivity contribution is 5.92. The van der Waals surface area contributed by atoms with Crippen molar-refractivity contribution in [3.8, 4) is 29.1 Å². The Morgan fingerprint density at radius 3 is 2.39 bits per heavy atom. The van der Waals surface area contributed by atoms with E-state index in [2.05, 4.69) is 24.9 Å². The maximum absolute atomic E-state index is 9.69. The molecule has 0 saturated heterocycles. The second-order valence-electron chi connectivity index (χ2n) is 7.59. The number of hydrogen-bond donors (Lipinski definition) is 0. The molecule has 0 unspecified atom stereocenters. The molecule has 0 aliphatic heterocycles. The van der Waals surface area contributed by atoms with Gasteiger partial charge in [0.25, 0.3) is 0 Å². The van der Waals surface area contributed by atoms with Gasteiger partial charge in [0.2, 0.25) is 5.75 Å². The van der Waals surface area contributed by atoms with Gasteiger partial charge in [-0.1, -0.05) is 19.9 Å². The van der Waals surface area contributed by atoms with Gasteiger partial charge in [-0.15, -0.1) is 0 Å². The minimum absolute atomic E-state index is 0.380. The lowest BCUT2D eigenvalue weighted by Gasteiger charge is -2.17. The molecular formula is C25H28N2O4. The number of fused-ring (bicyclic) bond motifs is 1. The molecule has 0 spiro atoms. The molecule has 0 aliphatic rings. The molecule has 0 fully saturated rings. The van der Waals surface area contributed by atoms with Crippen LogP contribution in [0.5, 0.6) is 23.0 Å². The molecule has 0 saturated carbocycles. The van der Waals surface area contributed by atoms with Gasteiger partial charge in [0.05, 0.1) is 27.4 Å². The van der Waals surface area contributed by atoms with Crippen molar-refractivity contribution in [3.63, 3.8) is 0 Å². The van der Waals surface area contributed by atoms with Gasteiger partial charge in [0.15, 0.2) is 11.5 Å². The Kier molecular flexibility index (Phi) is 7.19. The van der Waals surface area contributed by atoms with Crippen LogP contribution in [-0.2, 0) is 6.42 Å². The summed E-state index contributed by atoms with van der Waals surface area (Å²) in [6.07, 6.45) is 4.14. The van der Waals surface area contributed by atoms with Gasteiger partial charge in [-0.25, -0.2) is 0 Å². The van der Waals surface area contributed by atoms with Gasteiger partial charge in [-0.05, 0) is 54.0 Å². The summed E-state index contributed by atoms with van der Waals surface area (Å²) in [5, 5.41) is 11.4. The molecule has 6 heteroatoms. The van der Waals surface area contributed by atoms with Gasteiger partial charge in [-0.3, -0.25) is 4.98 Å². The summed E-state index contributed by atoms with van der Waals surface area (Å²) >= 11 is 0. The summed E-state index contributed by atoms with van der Waals surface area (Å²) in [6, 6.07) is 10.0. The zero-order valence-electron chi connectivity index (χ0n) is 18.7. The molecule has 0 N–H and O–H groups in total. The molecule has 2 aromatic carbocycles. The Morgan fingerprint density at radius 1 is 0.968 bits per heavy atom. The standard InChI is InChI=1S/C25H28N2O4/c1-6-30-22-8-7-19-18(13-27-14-21(19)20(22)12-26)9-17-10-23(28-4)25(29-5)24(11-17)31-15-16(2)3/h7-8,10-11,13-14,16H,6,9,15H2,1-5H3. The van der Waals surface area contributed by atoms with Crippen LogP contribution < -0.4 is 18.9 Å². The largest absolute Gasteiger partial charge is 0.493 e. The van der Waals surface area contributed by atoms with Gasteiger partial charge in [0, 0.05) is 17.8 Å². The fourth-order valence-electron chi connectivity index (χ4n) is 3.49. The zero-order valence-corrected chi connectivity index (χ0v) is 18.7. The first-order valence-electron chi connectivity index (χ1n) is 10.3. The quantitative estimate of drug-likeness (QED) is 0.477. The van der Waals surface area contributed by atoms with Crippen LogP contribution in [-0.4, -0.2) is 32.4 Å². The van der Waals surface area contributed by atoms with E-state index < -0.39 is 0 Å². The second-order valence-corrected chi connectivity index (χ2v) is 7.59. The Hall–Kier alpha value is -3.46. The number of ether oxygens (including phenoxy) is 4. The summed E-state index contributed by atoms with van der Waals surface area (Å²) in [4.78, 5) is 4.38. The number of nitrogens with zero attached hydrogens (tertiary/aromatic N) is 2. The number of benzene rings is 2. The van der Waals surface area contributed by atoms with Crippen molar-refractivity contribution < 1.29 is 18.9 Å². The predicted octanol–water partition coefficient (Wildman–Crippen LogP) is 5.15. The molecule has 0 atom stereocenters. The molecule has 0 aliphatic carbocycles. The smallest absolute Gasteiger partial charge is 0.203 e. The molecule has 31 heavy (non-hydrogen) atoms. The summed E-state index contributed by atoms with van der Waals surface area (Å²) in [5.74, 6) is 2.80. The summed E-state index contributed by atoms with van der Waals surface area (Å²) in [5.41, 5.74) is 2.50. The van der Waals surface area contributed by atoms with E-state index in [9.17, 15) is 5.26 Å². The summed E-state index contributed by atoms with van der Waals surface area (Å²) in [7, 11) is 3.22. The van der Waals surface area contributed by atoms with E-state index in [1.54, 1.807) is 20.4 Å². The number of rotatable bonds is 9. The van der Waals surface area contributed by atoms with Crippen LogP contribution in [0.2, 0.25) is 0 Å². The monoisotopic (exact) mass is 420 g/mol. The zero-order chi connectivity index (χ0) is 22.4. The van der Waals surface area contributed by atoms with Crippen molar-refractivity contribution in [1.82, 2.24) is 4.98 Å². The first kappa shape index (κ1) is 22.2. The average molecular weight is 421 g/mol. The van der Waals surface area contributed by atoms with Crippen molar-refractivity contribution >= 4 is 10.8 Å². The molecular weight excluding hydrogens is 392 g/mol. The molecule has 162 valence electrons. The number of methoxy groups -OCH3 is 2. The Morgan fingerprint density at radius 2 is 1.74 bits per heavy atom. The molecule has 6 nitrogen and oxygen atoms in total.